The molecule has 0 saturated heterocycles. The Morgan fingerprint density at radius 2 is 1.64 bits per heavy atom. The summed E-state index contributed by atoms with van der Waals surface area (Å²) in [5.41, 5.74) is 0.268. The molecule has 1 N–H and O–H groups in total. The van der Waals surface area contributed by atoms with Crippen LogP contribution in [0.3, 0.4) is 0 Å². The van der Waals surface area contributed by atoms with Gasteiger partial charge in [-0.05, 0) is 30.2 Å². The second kappa shape index (κ2) is 7.52. The van der Waals surface area contributed by atoms with Gasteiger partial charge >= 0.3 is 6.18 Å². The van der Waals surface area contributed by atoms with Crippen LogP contribution in [0.2, 0.25) is 0 Å². The lowest BCUT2D eigenvalue weighted by Gasteiger charge is -2.12. The smallest absolute Gasteiger partial charge is 0.200 e. The van der Waals surface area contributed by atoms with Gasteiger partial charge in [0, 0.05) is 0 Å². The van der Waals surface area contributed by atoms with Gasteiger partial charge < -0.3 is 0 Å². The predicted molar refractivity (Wildman–Crippen MR) is 90.4 cm³/mol. The first-order valence-corrected chi connectivity index (χ1v) is 8.63. The van der Waals surface area contributed by atoms with Gasteiger partial charge in [-0.3, -0.25) is 0 Å². The van der Waals surface area contributed by atoms with E-state index in [1.165, 1.54) is 12.3 Å². The summed E-state index contributed by atoms with van der Waals surface area (Å²) in [5.74, 6) is 0. The van der Waals surface area contributed by atoms with Crippen LogP contribution in [0.4, 0.5) is 13.2 Å². The van der Waals surface area contributed by atoms with Crippen LogP contribution < -0.4 is 4.83 Å². The number of rotatable bonds is 5. The molecule has 0 heterocycles. The summed E-state index contributed by atoms with van der Waals surface area (Å²) in [7, 11) is -4.44. The highest BCUT2D eigenvalue weighted by molar-refractivity contribution is 7.89. The van der Waals surface area contributed by atoms with Gasteiger partial charge in [-0.15, -0.1) is 0 Å². The fraction of sp³-hybridized carbons (Fsp3) is 0.118. The minimum Gasteiger partial charge on any atom is -0.200 e. The number of nitrogens with one attached hydrogen (secondary N) is 1. The van der Waals surface area contributed by atoms with E-state index in [2.05, 4.69) is 5.10 Å². The Bertz CT molecular complexity index is 890. The Kier molecular flexibility index (Phi) is 5.63. The number of nitrogens with zero attached hydrogens (tertiary/aromatic N) is 1. The molecule has 0 fully saturated rings. The average molecular weight is 368 g/mol. The number of benzene rings is 2. The predicted octanol–water partition coefficient (Wildman–Crippen LogP) is 4.07. The van der Waals surface area contributed by atoms with Crippen molar-refractivity contribution in [2.45, 2.75) is 18.0 Å². The molecule has 2 aromatic rings. The fourth-order valence-electron chi connectivity index (χ4n) is 2.03. The molecule has 0 aromatic heterocycles. The highest BCUT2D eigenvalue weighted by Crippen LogP contribution is 2.33. The minimum atomic E-state index is -4.78. The van der Waals surface area contributed by atoms with Gasteiger partial charge in [-0.25, -0.2) is 4.83 Å². The van der Waals surface area contributed by atoms with Gasteiger partial charge in [-0.1, -0.05) is 48.5 Å². The molecule has 0 aliphatic rings. The maximum absolute atomic E-state index is 12.9. The Hall–Kier alpha value is -2.61. The molecule has 0 unspecified atom stereocenters. The molecule has 132 valence electrons. The lowest BCUT2D eigenvalue weighted by atomic mass is 10.1. The van der Waals surface area contributed by atoms with Crippen molar-refractivity contribution in [3.63, 3.8) is 0 Å². The van der Waals surface area contributed by atoms with Crippen LogP contribution in [0.5, 0.6) is 0 Å². The number of halogens is 3. The van der Waals surface area contributed by atoms with E-state index in [-0.39, 0.29) is 0 Å². The van der Waals surface area contributed by atoms with Crippen molar-refractivity contribution in [3.05, 3.63) is 71.3 Å². The third-order valence-corrected chi connectivity index (χ3v) is 4.40. The molecule has 4 nitrogen and oxygen atoms in total. The summed E-state index contributed by atoms with van der Waals surface area (Å²) in [4.78, 5) is 0.934. The van der Waals surface area contributed by atoms with E-state index in [9.17, 15) is 21.6 Å². The summed E-state index contributed by atoms with van der Waals surface area (Å²) >= 11 is 0. The molecule has 0 radical (unpaired) electrons. The molecule has 0 saturated carbocycles. The number of alkyl halides is 3. The lowest BCUT2D eigenvalue weighted by molar-refractivity contribution is -0.139. The first-order valence-electron chi connectivity index (χ1n) is 7.14. The van der Waals surface area contributed by atoms with Crippen LogP contribution >= 0.6 is 0 Å². The van der Waals surface area contributed by atoms with Crippen molar-refractivity contribution < 1.29 is 21.6 Å². The molecule has 8 heteroatoms. The van der Waals surface area contributed by atoms with Crippen molar-refractivity contribution in [2.24, 2.45) is 5.10 Å². The number of sulfonamides is 1. The van der Waals surface area contributed by atoms with Gasteiger partial charge in [0.1, 0.15) is 4.90 Å². The standard InChI is InChI=1S/C17H15F3N2O2S/c1-13(11-14-7-3-2-4-8-14)12-21-22-25(23,24)16-10-6-5-9-15(16)17(18,19)20/h2-12,22H,1H3. The number of allylic oxidation sites excluding steroid dienone is 1. The van der Waals surface area contributed by atoms with Crippen LogP contribution in [-0.2, 0) is 16.2 Å². The Labute approximate surface area is 143 Å². The Morgan fingerprint density at radius 3 is 2.28 bits per heavy atom. The first kappa shape index (κ1) is 18.7. The summed E-state index contributed by atoms with van der Waals surface area (Å²) in [6, 6.07) is 13.2. The van der Waals surface area contributed by atoms with Crippen LogP contribution in [0.1, 0.15) is 18.1 Å². The van der Waals surface area contributed by atoms with Gasteiger partial charge in [0.2, 0.25) is 0 Å². The topological polar surface area (TPSA) is 58.5 Å². The second-order valence-corrected chi connectivity index (χ2v) is 6.78. The lowest BCUT2D eigenvalue weighted by Crippen LogP contribution is -2.22. The minimum absolute atomic E-state index is 0.623. The number of hydrogen-bond acceptors (Lipinski definition) is 3. The SMILES string of the molecule is CC(C=NNS(=O)(=O)c1ccccc1C(F)(F)F)=Cc1ccccc1. The van der Waals surface area contributed by atoms with Crippen molar-refractivity contribution in [1.29, 1.82) is 0 Å². The zero-order valence-corrected chi connectivity index (χ0v) is 14.0. The molecule has 0 bridgehead atoms. The van der Waals surface area contributed by atoms with Gasteiger partial charge in [-0.2, -0.15) is 26.7 Å². The van der Waals surface area contributed by atoms with Gasteiger partial charge in [0.15, 0.2) is 0 Å². The molecule has 0 atom stereocenters. The first-order chi connectivity index (χ1) is 11.7. The van der Waals surface area contributed by atoms with Gasteiger partial charge in [0.25, 0.3) is 10.0 Å². The molecule has 25 heavy (non-hydrogen) atoms. The molecule has 0 spiro atoms. The Balaban J connectivity index is 2.19. The third-order valence-electron chi connectivity index (χ3n) is 3.12. The van der Waals surface area contributed by atoms with Gasteiger partial charge in [0.05, 0.1) is 11.8 Å². The molecule has 2 rings (SSSR count). The average Bonchev–Trinajstić information content (AvgIpc) is 2.55. The zero-order chi connectivity index (χ0) is 18.5. The molecule has 0 aliphatic heterocycles. The molecule has 0 amide bonds. The van der Waals surface area contributed by atoms with Crippen LogP contribution in [-0.4, -0.2) is 14.6 Å². The van der Waals surface area contributed by atoms with E-state index in [1.54, 1.807) is 17.8 Å². The summed E-state index contributed by atoms with van der Waals surface area (Å²) in [6.45, 7) is 1.69. The van der Waals surface area contributed by atoms with Crippen molar-refractivity contribution in [1.82, 2.24) is 4.83 Å². The number of hydrogen-bond donors (Lipinski definition) is 1. The van der Waals surface area contributed by atoms with Crippen molar-refractivity contribution >= 4 is 22.3 Å². The molecular weight excluding hydrogens is 353 g/mol. The second-order valence-electron chi connectivity index (χ2n) is 5.15. The van der Waals surface area contributed by atoms with E-state index < -0.39 is 26.7 Å². The molecule has 0 aliphatic carbocycles. The van der Waals surface area contributed by atoms with E-state index in [0.29, 0.717) is 11.6 Å². The van der Waals surface area contributed by atoms with E-state index in [4.69, 9.17) is 0 Å². The quantitative estimate of drug-likeness (QED) is 0.639. The van der Waals surface area contributed by atoms with Crippen LogP contribution in [0, 0.1) is 0 Å². The van der Waals surface area contributed by atoms with E-state index >= 15 is 0 Å². The largest absolute Gasteiger partial charge is 0.417 e. The van der Waals surface area contributed by atoms with E-state index in [0.717, 1.165) is 17.7 Å². The fourth-order valence-corrected chi connectivity index (χ4v) is 3.05. The van der Waals surface area contributed by atoms with Crippen LogP contribution in [0.25, 0.3) is 6.08 Å². The highest BCUT2D eigenvalue weighted by atomic mass is 32.2. The molecule has 2 aromatic carbocycles. The summed E-state index contributed by atoms with van der Waals surface area (Å²) in [6.07, 6.45) is -1.81. The monoisotopic (exact) mass is 368 g/mol. The number of hydrazone groups is 1. The maximum Gasteiger partial charge on any atom is 0.417 e. The maximum atomic E-state index is 12.9. The zero-order valence-electron chi connectivity index (χ0n) is 13.2. The summed E-state index contributed by atoms with van der Waals surface area (Å²) < 4.78 is 63.0. The van der Waals surface area contributed by atoms with E-state index in [1.807, 2.05) is 30.3 Å². The van der Waals surface area contributed by atoms with Crippen molar-refractivity contribution in [2.75, 3.05) is 0 Å². The normalized spacial score (nSPS) is 13.2. The highest BCUT2D eigenvalue weighted by Gasteiger charge is 2.36. The Morgan fingerprint density at radius 1 is 1.04 bits per heavy atom. The van der Waals surface area contributed by atoms with Crippen molar-refractivity contribution in [3.8, 4) is 0 Å². The third kappa shape index (κ3) is 5.18. The summed E-state index contributed by atoms with van der Waals surface area (Å²) in [5, 5.41) is 3.54. The molecular formula is C17H15F3N2O2S. The van der Waals surface area contributed by atoms with Crippen LogP contribution in [0.15, 0.2) is 70.2 Å².